The fourth-order valence-corrected chi connectivity index (χ4v) is 2.30. The molecule has 6 heteroatoms. The second-order valence-electron chi connectivity index (χ2n) is 4.15. The monoisotopic (exact) mass is 274 g/mol. The molecule has 1 aromatic rings. The molecule has 0 aliphatic heterocycles. The van der Waals surface area contributed by atoms with Gasteiger partial charge in [0.25, 0.3) is 10.1 Å². The summed E-state index contributed by atoms with van der Waals surface area (Å²) >= 11 is 5.89. The van der Waals surface area contributed by atoms with E-state index in [1.165, 1.54) is 18.2 Å². The van der Waals surface area contributed by atoms with Crippen LogP contribution in [0.1, 0.15) is 18.4 Å². The van der Waals surface area contributed by atoms with Gasteiger partial charge in [0.2, 0.25) is 0 Å². The minimum atomic E-state index is -4.25. The van der Waals surface area contributed by atoms with E-state index in [9.17, 15) is 13.2 Å². The zero-order valence-electron chi connectivity index (χ0n) is 8.89. The predicted octanol–water partition coefficient (Wildman–Crippen LogP) is 2.11. The Hall–Kier alpha value is -0.910. The van der Waals surface area contributed by atoms with Gasteiger partial charge in [-0.2, -0.15) is 8.42 Å². The number of ketones is 1. The molecule has 0 bridgehead atoms. The Morgan fingerprint density at radius 3 is 2.59 bits per heavy atom. The summed E-state index contributed by atoms with van der Waals surface area (Å²) in [5.74, 6) is 0.167. The summed E-state index contributed by atoms with van der Waals surface area (Å²) in [6.45, 7) is 0. The van der Waals surface area contributed by atoms with Crippen molar-refractivity contribution in [3.8, 4) is 0 Å². The maximum atomic E-state index is 11.6. The number of hydrogen-bond donors (Lipinski definition) is 1. The van der Waals surface area contributed by atoms with E-state index in [0.29, 0.717) is 10.6 Å². The molecule has 0 radical (unpaired) electrons. The van der Waals surface area contributed by atoms with Gasteiger partial charge in [0.05, 0.1) is 4.90 Å². The maximum Gasteiger partial charge on any atom is 0.294 e. The summed E-state index contributed by atoms with van der Waals surface area (Å²) in [4.78, 5) is 11.4. The molecule has 1 saturated carbocycles. The van der Waals surface area contributed by atoms with E-state index in [1.807, 2.05) is 0 Å². The molecule has 0 aromatic heterocycles. The zero-order chi connectivity index (χ0) is 12.6. The van der Waals surface area contributed by atoms with Crippen LogP contribution < -0.4 is 0 Å². The summed E-state index contributed by atoms with van der Waals surface area (Å²) in [6.07, 6.45) is 1.91. The Labute approximate surface area is 104 Å². The quantitative estimate of drug-likeness (QED) is 0.854. The van der Waals surface area contributed by atoms with Crippen LogP contribution in [0.25, 0.3) is 0 Å². The number of hydrogen-bond acceptors (Lipinski definition) is 3. The van der Waals surface area contributed by atoms with Gasteiger partial charge in [-0.3, -0.25) is 9.35 Å². The van der Waals surface area contributed by atoms with Crippen LogP contribution in [0.5, 0.6) is 0 Å². The Bertz CT molecular complexity index is 561. The molecule has 2 rings (SSSR count). The molecule has 0 unspecified atom stereocenters. The first-order valence-electron chi connectivity index (χ1n) is 5.16. The average Bonchev–Trinajstić information content (AvgIpc) is 3.02. The van der Waals surface area contributed by atoms with Crippen molar-refractivity contribution in [1.82, 2.24) is 0 Å². The molecule has 0 saturated heterocycles. The lowest BCUT2D eigenvalue weighted by atomic mass is 10.1. The van der Waals surface area contributed by atoms with Gasteiger partial charge in [0, 0.05) is 17.4 Å². The Morgan fingerprint density at radius 2 is 2.06 bits per heavy atom. The standard InChI is InChI=1S/C11H11ClO4S/c12-10-4-3-9(17(14,15)16)5-8(10)6-11(13)7-1-2-7/h3-5,7H,1-2,6H2,(H,14,15,16). The third-order valence-electron chi connectivity index (χ3n) is 2.71. The highest BCUT2D eigenvalue weighted by Gasteiger charge is 2.29. The van der Waals surface area contributed by atoms with E-state index in [2.05, 4.69) is 0 Å². The van der Waals surface area contributed by atoms with Crippen molar-refractivity contribution < 1.29 is 17.8 Å². The number of rotatable bonds is 4. The number of benzene rings is 1. The van der Waals surface area contributed by atoms with Crippen molar-refractivity contribution in [3.63, 3.8) is 0 Å². The zero-order valence-corrected chi connectivity index (χ0v) is 10.5. The van der Waals surface area contributed by atoms with Gasteiger partial charge in [-0.1, -0.05) is 11.6 Å². The second kappa shape index (κ2) is 4.40. The SMILES string of the molecule is O=C(Cc1cc(S(=O)(=O)O)ccc1Cl)C1CC1. The molecule has 17 heavy (non-hydrogen) atoms. The van der Waals surface area contributed by atoms with Gasteiger partial charge in [-0.25, -0.2) is 0 Å². The lowest BCUT2D eigenvalue weighted by Crippen LogP contribution is -2.06. The highest BCUT2D eigenvalue weighted by Crippen LogP contribution is 2.32. The van der Waals surface area contributed by atoms with E-state index in [4.69, 9.17) is 16.2 Å². The van der Waals surface area contributed by atoms with E-state index < -0.39 is 10.1 Å². The molecule has 1 aliphatic rings. The summed E-state index contributed by atoms with van der Waals surface area (Å²) in [7, 11) is -4.25. The lowest BCUT2D eigenvalue weighted by molar-refractivity contribution is -0.119. The van der Waals surface area contributed by atoms with Gasteiger partial charge >= 0.3 is 0 Å². The Kier molecular flexibility index (Phi) is 3.25. The van der Waals surface area contributed by atoms with Crippen molar-refractivity contribution in [2.24, 2.45) is 5.92 Å². The highest BCUT2D eigenvalue weighted by molar-refractivity contribution is 7.85. The molecular formula is C11H11ClO4S. The summed E-state index contributed by atoms with van der Waals surface area (Å²) in [6, 6.07) is 3.83. The topological polar surface area (TPSA) is 71.4 Å². The molecule has 92 valence electrons. The highest BCUT2D eigenvalue weighted by atomic mass is 35.5. The Balaban J connectivity index is 2.29. The van der Waals surface area contributed by atoms with Gasteiger partial charge < -0.3 is 0 Å². The third kappa shape index (κ3) is 3.06. The van der Waals surface area contributed by atoms with E-state index >= 15 is 0 Å². The summed E-state index contributed by atoms with van der Waals surface area (Å²) in [5, 5.41) is 0.339. The normalized spacial score (nSPS) is 15.9. The first-order chi connectivity index (χ1) is 7.88. The van der Waals surface area contributed by atoms with E-state index in [-0.39, 0.29) is 23.0 Å². The van der Waals surface area contributed by atoms with Gasteiger partial charge in [-0.15, -0.1) is 0 Å². The lowest BCUT2D eigenvalue weighted by Gasteiger charge is -2.05. The molecule has 4 nitrogen and oxygen atoms in total. The number of Topliss-reactive ketones (excluding diaryl/α,β-unsaturated/α-hetero) is 1. The van der Waals surface area contributed by atoms with Crippen LogP contribution in [0, 0.1) is 5.92 Å². The summed E-state index contributed by atoms with van der Waals surface area (Å²) < 4.78 is 30.8. The first-order valence-corrected chi connectivity index (χ1v) is 6.98. The molecule has 1 fully saturated rings. The van der Waals surface area contributed by atoms with Crippen molar-refractivity contribution in [1.29, 1.82) is 0 Å². The molecule has 1 aliphatic carbocycles. The third-order valence-corrected chi connectivity index (χ3v) is 3.93. The summed E-state index contributed by atoms with van der Waals surface area (Å²) in [5.41, 5.74) is 0.443. The van der Waals surface area contributed by atoms with Crippen molar-refractivity contribution in [2.75, 3.05) is 0 Å². The van der Waals surface area contributed by atoms with Crippen LogP contribution >= 0.6 is 11.6 Å². The predicted molar refractivity (Wildman–Crippen MR) is 62.7 cm³/mol. The largest absolute Gasteiger partial charge is 0.299 e. The molecule has 0 spiro atoms. The smallest absolute Gasteiger partial charge is 0.294 e. The van der Waals surface area contributed by atoms with Crippen molar-refractivity contribution >= 4 is 27.5 Å². The second-order valence-corrected chi connectivity index (χ2v) is 5.97. The minimum Gasteiger partial charge on any atom is -0.299 e. The van der Waals surface area contributed by atoms with Crippen LogP contribution in [0.3, 0.4) is 0 Å². The van der Waals surface area contributed by atoms with Gasteiger partial charge in [0.1, 0.15) is 5.78 Å². The van der Waals surface area contributed by atoms with Crippen LogP contribution in [0.15, 0.2) is 23.1 Å². The van der Waals surface area contributed by atoms with Crippen LogP contribution in [-0.4, -0.2) is 18.8 Å². The van der Waals surface area contributed by atoms with Gasteiger partial charge in [0.15, 0.2) is 0 Å². The minimum absolute atomic E-state index is 0.0689. The van der Waals surface area contributed by atoms with Crippen LogP contribution in [0.4, 0.5) is 0 Å². The van der Waals surface area contributed by atoms with E-state index in [0.717, 1.165) is 12.8 Å². The van der Waals surface area contributed by atoms with Crippen LogP contribution in [0.2, 0.25) is 5.02 Å². The van der Waals surface area contributed by atoms with Gasteiger partial charge in [-0.05, 0) is 36.6 Å². The first kappa shape index (κ1) is 12.5. The molecule has 0 heterocycles. The maximum absolute atomic E-state index is 11.6. The van der Waals surface area contributed by atoms with Crippen molar-refractivity contribution in [2.45, 2.75) is 24.2 Å². The molecule has 0 amide bonds. The molecule has 1 N–H and O–H groups in total. The van der Waals surface area contributed by atoms with E-state index in [1.54, 1.807) is 0 Å². The number of carbonyl (C=O) groups is 1. The average molecular weight is 275 g/mol. The van der Waals surface area contributed by atoms with Crippen molar-refractivity contribution in [3.05, 3.63) is 28.8 Å². The Morgan fingerprint density at radius 1 is 1.41 bits per heavy atom. The fourth-order valence-electron chi connectivity index (χ4n) is 1.58. The molecule has 0 atom stereocenters. The number of halogens is 1. The fraction of sp³-hybridized carbons (Fsp3) is 0.364. The number of carbonyl (C=O) groups excluding carboxylic acids is 1. The van der Waals surface area contributed by atoms with Crippen LogP contribution in [-0.2, 0) is 21.3 Å². The molecule has 1 aromatic carbocycles. The molecular weight excluding hydrogens is 264 g/mol.